The molecule has 0 aromatic carbocycles. The van der Waals surface area contributed by atoms with Crippen LogP contribution in [0.4, 0.5) is 0 Å². The molecule has 0 fully saturated rings. The van der Waals surface area contributed by atoms with Gasteiger partial charge in [0.2, 0.25) is 11.8 Å². The molecule has 0 rings (SSSR count). The number of carbonyl (C=O) groups is 2. The number of unbranched alkanes of at least 4 members (excludes halogenated alkanes) is 1. The van der Waals surface area contributed by atoms with Crippen LogP contribution >= 0.6 is 0 Å². The second-order valence-corrected chi connectivity index (χ2v) is 2.28. The second-order valence-electron chi connectivity index (χ2n) is 2.28. The molecule has 0 heterocycles. The van der Waals surface area contributed by atoms with E-state index in [-0.39, 0.29) is 64.2 Å². The Hall–Kier alpha value is 0.496. The molecule has 70 valence electrons. The molecule has 4 N–H and O–H groups in total. The minimum atomic E-state index is -0.473. The second kappa shape index (κ2) is 10.6. The van der Waals surface area contributed by atoms with Gasteiger partial charge in [0.05, 0.1) is 0 Å². The van der Waals surface area contributed by atoms with Crippen molar-refractivity contribution in [3.05, 3.63) is 0 Å². The fourth-order valence-corrected chi connectivity index (χ4v) is 0.683. The summed E-state index contributed by atoms with van der Waals surface area (Å²) in [5, 5.41) is 16.1. The Morgan fingerprint density at radius 1 is 0.923 bits per heavy atom. The topological polar surface area (TPSA) is 98.7 Å². The minimum absolute atomic E-state index is 0. The summed E-state index contributed by atoms with van der Waals surface area (Å²) in [5.41, 5.74) is 2.96. The molecular formula is C6H12KN2O4+. The zero-order valence-corrected chi connectivity index (χ0v) is 10.7. The maximum Gasteiger partial charge on any atom is 1.00 e. The van der Waals surface area contributed by atoms with Gasteiger partial charge in [-0.05, 0) is 12.8 Å². The Morgan fingerprint density at radius 3 is 1.46 bits per heavy atom. The molecule has 0 aromatic heterocycles. The Balaban J connectivity index is 0. The molecule has 0 aromatic rings. The summed E-state index contributed by atoms with van der Waals surface area (Å²) in [6.45, 7) is 0. The van der Waals surface area contributed by atoms with Crippen LogP contribution < -0.4 is 62.3 Å². The van der Waals surface area contributed by atoms with Gasteiger partial charge in [-0.15, -0.1) is 0 Å². The van der Waals surface area contributed by atoms with Crippen molar-refractivity contribution in [2.45, 2.75) is 25.7 Å². The van der Waals surface area contributed by atoms with E-state index in [4.69, 9.17) is 10.4 Å². The molecule has 0 radical (unpaired) electrons. The third kappa shape index (κ3) is 10.4. The van der Waals surface area contributed by atoms with Gasteiger partial charge in [-0.2, -0.15) is 0 Å². The molecule has 0 bridgehead atoms. The number of nitrogens with one attached hydrogen (secondary N) is 2. The number of carbonyl (C=O) groups excluding carboxylic acids is 2. The average Bonchev–Trinajstić information content (AvgIpc) is 2.11. The van der Waals surface area contributed by atoms with Gasteiger partial charge >= 0.3 is 51.4 Å². The molecule has 0 atom stereocenters. The fourth-order valence-electron chi connectivity index (χ4n) is 0.683. The third-order valence-electron chi connectivity index (χ3n) is 1.31. The van der Waals surface area contributed by atoms with Crippen molar-refractivity contribution in [2.75, 3.05) is 0 Å². The summed E-state index contributed by atoms with van der Waals surface area (Å²) in [4.78, 5) is 20.8. The van der Waals surface area contributed by atoms with E-state index in [0.29, 0.717) is 12.8 Å². The fraction of sp³-hybridized carbons (Fsp3) is 0.667. The summed E-state index contributed by atoms with van der Waals surface area (Å²) in [7, 11) is 0. The molecule has 13 heavy (non-hydrogen) atoms. The molecule has 0 aliphatic heterocycles. The van der Waals surface area contributed by atoms with Gasteiger partial charge in [0, 0.05) is 12.8 Å². The number of rotatable bonds is 5. The average molecular weight is 215 g/mol. The van der Waals surface area contributed by atoms with E-state index in [0.717, 1.165) is 0 Å². The van der Waals surface area contributed by atoms with Crippen LogP contribution in [-0.4, -0.2) is 22.2 Å². The zero-order chi connectivity index (χ0) is 9.40. The molecule has 0 aliphatic rings. The number of hydrogen-bond acceptors (Lipinski definition) is 4. The molecule has 0 unspecified atom stereocenters. The van der Waals surface area contributed by atoms with Gasteiger partial charge in [0.1, 0.15) is 0 Å². The van der Waals surface area contributed by atoms with E-state index in [1.807, 2.05) is 0 Å². The summed E-state index contributed by atoms with van der Waals surface area (Å²) in [6, 6.07) is 0. The van der Waals surface area contributed by atoms with Crippen molar-refractivity contribution in [3.8, 4) is 0 Å². The van der Waals surface area contributed by atoms with Crippen LogP contribution in [0.2, 0.25) is 0 Å². The first-order chi connectivity index (χ1) is 5.70. The van der Waals surface area contributed by atoms with E-state index in [1.165, 1.54) is 11.0 Å². The van der Waals surface area contributed by atoms with E-state index in [2.05, 4.69) is 0 Å². The van der Waals surface area contributed by atoms with E-state index in [9.17, 15) is 9.59 Å². The van der Waals surface area contributed by atoms with E-state index in [1.54, 1.807) is 0 Å². The van der Waals surface area contributed by atoms with Crippen molar-refractivity contribution in [3.63, 3.8) is 0 Å². The first-order valence-electron chi connectivity index (χ1n) is 3.56. The zero-order valence-electron chi connectivity index (χ0n) is 7.54. The van der Waals surface area contributed by atoms with E-state index < -0.39 is 11.8 Å². The normalized spacial score (nSPS) is 8.46. The standard InChI is InChI=1S/C6H12N2O4.K/c9-5(7-11)3-1-2-4-6(10)8-12;/h11-12H,1-4H2,(H,7,9)(H,8,10);/q;+1. The van der Waals surface area contributed by atoms with Gasteiger partial charge in [0.15, 0.2) is 0 Å². The van der Waals surface area contributed by atoms with E-state index >= 15 is 0 Å². The molecule has 7 heteroatoms. The van der Waals surface area contributed by atoms with Crippen molar-refractivity contribution in [1.82, 2.24) is 11.0 Å². The predicted octanol–water partition coefficient (Wildman–Crippen LogP) is -3.44. The van der Waals surface area contributed by atoms with Crippen LogP contribution in [-0.2, 0) is 9.59 Å². The molecule has 0 saturated heterocycles. The molecule has 2 amide bonds. The number of hydroxylamine groups is 2. The molecule has 0 aliphatic carbocycles. The van der Waals surface area contributed by atoms with Crippen molar-refractivity contribution in [1.29, 1.82) is 0 Å². The first kappa shape index (κ1) is 15.9. The maximum atomic E-state index is 10.4. The summed E-state index contributed by atoms with van der Waals surface area (Å²) >= 11 is 0. The Labute approximate surface area is 118 Å². The van der Waals surface area contributed by atoms with Crippen molar-refractivity contribution in [2.24, 2.45) is 0 Å². The largest absolute Gasteiger partial charge is 1.00 e. The van der Waals surface area contributed by atoms with Gasteiger partial charge in [-0.25, -0.2) is 11.0 Å². The van der Waals surface area contributed by atoms with Gasteiger partial charge in [0.25, 0.3) is 0 Å². The van der Waals surface area contributed by atoms with Crippen LogP contribution in [0.3, 0.4) is 0 Å². The van der Waals surface area contributed by atoms with Crippen molar-refractivity contribution < 1.29 is 71.4 Å². The monoisotopic (exact) mass is 215 g/mol. The van der Waals surface area contributed by atoms with Crippen LogP contribution in [0.5, 0.6) is 0 Å². The predicted molar refractivity (Wildman–Crippen MR) is 38.3 cm³/mol. The Kier molecular flexibility index (Phi) is 13.0. The summed E-state index contributed by atoms with van der Waals surface area (Å²) in [6.07, 6.45) is 1.35. The molecule has 0 spiro atoms. The quantitative estimate of drug-likeness (QED) is 0.166. The van der Waals surface area contributed by atoms with Crippen LogP contribution in [0.1, 0.15) is 25.7 Å². The SMILES string of the molecule is O=C(CCCCC(=O)NO)NO.[K+]. The Morgan fingerprint density at radius 2 is 1.23 bits per heavy atom. The Bertz CT molecular complexity index is 147. The van der Waals surface area contributed by atoms with Crippen molar-refractivity contribution >= 4 is 11.8 Å². The summed E-state index contributed by atoms with van der Waals surface area (Å²) in [5.74, 6) is -0.946. The van der Waals surface area contributed by atoms with Crippen LogP contribution in [0.25, 0.3) is 0 Å². The number of amides is 2. The summed E-state index contributed by atoms with van der Waals surface area (Å²) < 4.78 is 0. The van der Waals surface area contributed by atoms with Gasteiger partial charge in [-0.3, -0.25) is 20.0 Å². The van der Waals surface area contributed by atoms with Gasteiger partial charge < -0.3 is 0 Å². The molecule has 6 nitrogen and oxygen atoms in total. The van der Waals surface area contributed by atoms with Gasteiger partial charge in [-0.1, -0.05) is 0 Å². The minimum Gasteiger partial charge on any atom is -0.289 e. The molecular weight excluding hydrogens is 203 g/mol. The first-order valence-corrected chi connectivity index (χ1v) is 3.56. The number of hydrogen-bond donors (Lipinski definition) is 4. The van der Waals surface area contributed by atoms with Crippen LogP contribution in [0.15, 0.2) is 0 Å². The third-order valence-corrected chi connectivity index (χ3v) is 1.31. The smallest absolute Gasteiger partial charge is 0.289 e. The van der Waals surface area contributed by atoms with Crippen LogP contribution in [0, 0.1) is 0 Å². The molecule has 0 saturated carbocycles. The maximum absolute atomic E-state index is 10.4.